The maximum absolute atomic E-state index is 9.08. The molecule has 1 rings (SSSR count). The van der Waals surface area contributed by atoms with Crippen molar-refractivity contribution in [2.45, 2.75) is 19.8 Å². The van der Waals surface area contributed by atoms with E-state index in [4.69, 9.17) is 19.5 Å². The fourth-order valence-corrected chi connectivity index (χ4v) is 1.28. The summed E-state index contributed by atoms with van der Waals surface area (Å²) in [6.45, 7) is 2.70. The van der Waals surface area contributed by atoms with Gasteiger partial charge in [0.15, 0.2) is 0 Å². The predicted molar refractivity (Wildman–Crippen MR) is 63.2 cm³/mol. The minimum absolute atomic E-state index is 0.367. The molecule has 0 spiro atoms. The lowest BCUT2D eigenvalue weighted by Crippen LogP contribution is -2.29. The van der Waals surface area contributed by atoms with Gasteiger partial charge in [0.1, 0.15) is 11.5 Å². The monoisotopic (exact) mass is 224 g/mol. The Morgan fingerprint density at radius 3 is 2.44 bits per heavy atom. The van der Waals surface area contributed by atoms with Crippen LogP contribution in [0.4, 0.5) is 0 Å². The van der Waals surface area contributed by atoms with Crippen LogP contribution in [0.1, 0.15) is 19.8 Å². The van der Waals surface area contributed by atoms with Crippen molar-refractivity contribution >= 4 is 12.6 Å². The topological polar surface area (TPSA) is 58.9 Å². The van der Waals surface area contributed by atoms with Gasteiger partial charge in [-0.05, 0) is 24.0 Å². The van der Waals surface area contributed by atoms with E-state index in [-0.39, 0.29) is 0 Å². The summed E-state index contributed by atoms with van der Waals surface area (Å²) in [5, 5.41) is 18.2. The van der Waals surface area contributed by atoms with Crippen LogP contribution in [0, 0.1) is 0 Å². The van der Waals surface area contributed by atoms with Crippen molar-refractivity contribution in [3.05, 3.63) is 18.2 Å². The first-order chi connectivity index (χ1) is 7.67. The Morgan fingerprint density at radius 1 is 1.19 bits per heavy atom. The SMILES string of the molecule is CCCCOc1cc(OC)cc(B(O)O)c1. The summed E-state index contributed by atoms with van der Waals surface area (Å²) in [6, 6.07) is 4.89. The van der Waals surface area contributed by atoms with Crippen LogP contribution in [0.15, 0.2) is 18.2 Å². The van der Waals surface area contributed by atoms with Crippen LogP contribution in [0.3, 0.4) is 0 Å². The largest absolute Gasteiger partial charge is 0.497 e. The Labute approximate surface area is 96.0 Å². The molecule has 0 saturated carbocycles. The van der Waals surface area contributed by atoms with Gasteiger partial charge in [-0.25, -0.2) is 0 Å². The highest BCUT2D eigenvalue weighted by molar-refractivity contribution is 6.58. The summed E-state index contributed by atoms with van der Waals surface area (Å²) in [7, 11) is 0.0159. The molecule has 0 unspecified atom stereocenters. The molecule has 0 aromatic heterocycles. The van der Waals surface area contributed by atoms with E-state index in [0.717, 1.165) is 12.8 Å². The lowest BCUT2D eigenvalue weighted by atomic mass is 9.80. The minimum Gasteiger partial charge on any atom is -0.497 e. The zero-order valence-electron chi connectivity index (χ0n) is 9.64. The van der Waals surface area contributed by atoms with Gasteiger partial charge in [0, 0.05) is 6.07 Å². The van der Waals surface area contributed by atoms with Crippen LogP contribution in [0.25, 0.3) is 0 Å². The van der Waals surface area contributed by atoms with E-state index in [2.05, 4.69) is 6.92 Å². The summed E-state index contributed by atoms with van der Waals surface area (Å²) >= 11 is 0. The van der Waals surface area contributed by atoms with Crippen LogP contribution in [0.5, 0.6) is 11.5 Å². The minimum atomic E-state index is -1.51. The van der Waals surface area contributed by atoms with Gasteiger partial charge < -0.3 is 19.5 Å². The number of unbranched alkanes of at least 4 members (excludes halogenated alkanes) is 1. The van der Waals surface area contributed by atoms with Gasteiger partial charge >= 0.3 is 7.12 Å². The molecule has 88 valence electrons. The lowest BCUT2D eigenvalue weighted by Gasteiger charge is -2.10. The second-order valence-electron chi connectivity index (χ2n) is 3.52. The summed E-state index contributed by atoms with van der Waals surface area (Å²) in [4.78, 5) is 0. The summed E-state index contributed by atoms with van der Waals surface area (Å²) in [5.41, 5.74) is 0.367. The van der Waals surface area contributed by atoms with Gasteiger partial charge in [-0.15, -0.1) is 0 Å². The van der Waals surface area contributed by atoms with Crippen molar-refractivity contribution in [3.63, 3.8) is 0 Å². The number of rotatable bonds is 6. The number of hydrogen-bond donors (Lipinski definition) is 2. The molecule has 0 saturated heterocycles. The third-order valence-electron chi connectivity index (χ3n) is 2.20. The van der Waals surface area contributed by atoms with Gasteiger partial charge in [-0.2, -0.15) is 0 Å². The quantitative estimate of drug-likeness (QED) is 0.547. The third kappa shape index (κ3) is 3.75. The van der Waals surface area contributed by atoms with Crippen LogP contribution >= 0.6 is 0 Å². The summed E-state index contributed by atoms with van der Waals surface area (Å²) < 4.78 is 10.5. The van der Waals surface area contributed by atoms with Crippen LogP contribution in [-0.2, 0) is 0 Å². The average molecular weight is 224 g/mol. The molecule has 0 aliphatic rings. The molecule has 0 aliphatic carbocycles. The van der Waals surface area contributed by atoms with E-state index in [1.807, 2.05) is 0 Å². The number of hydrogen-bond acceptors (Lipinski definition) is 4. The molecule has 0 heterocycles. The van der Waals surface area contributed by atoms with Gasteiger partial charge in [-0.1, -0.05) is 13.3 Å². The highest BCUT2D eigenvalue weighted by Crippen LogP contribution is 2.18. The average Bonchev–Trinajstić information content (AvgIpc) is 2.29. The van der Waals surface area contributed by atoms with E-state index in [1.54, 1.807) is 18.2 Å². The molecule has 1 aromatic rings. The fourth-order valence-electron chi connectivity index (χ4n) is 1.28. The molecule has 0 radical (unpaired) electrons. The third-order valence-corrected chi connectivity index (χ3v) is 2.20. The molecular weight excluding hydrogens is 207 g/mol. The second kappa shape index (κ2) is 6.40. The Kier molecular flexibility index (Phi) is 5.15. The van der Waals surface area contributed by atoms with Crippen LogP contribution < -0.4 is 14.9 Å². The first-order valence-corrected chi connectivity index (χ1v) is 5.35. The van der Waals surface area contributed by atoms with Gasteiger partial charge in [0.25, 0.3) is 0 Å². The predicted octanol–water partition coefficient (Wildman–Crippen LogP) is 0.554. The van der Waals surface area contributed by atoms with E-state index in [1.165, 1.54) is 7.11 Å². The smallest absolute Gasteiger partial charge is 0.488 e. The fraction of sp³-hybridized carbons (Fsp3) is 0.455. The molecule has 0 aliphatic heterocycles. The number of ether oxygens (including phenoxy) is 2. The Morgan fingerprint density at radius 2 is 1.88 bits per heavy atom. The van der Waals surface area contributed by atoms with E-state index in [0.29, 0.717) is 23.6 Å². The van der Waals surface area contributed by atoms with Crippen molar-refractivity contribution in [2.75, 3.05) is 13.7 Å². The van der Waals surface area contributed by atoms with Gasteiger partial charge in [0.2, 0.25) is 0 Å². The zero-order valence-corrected chi connectivity index (χ0v) is 9.64. The van der Waals surface area contributed by atoms with Crippen LogP contribution in [-0.4, -0.2) is 30.9 Å². The highest BCUT2D eigenvalue weighted by Gasteiger charge is 2.13. The molecule has 0 bridgehead atoms. The molecule has 0 atom stereocenters. The molecule has 16 heavy (non-hydrogen) atoms. The van der Waals surface area contributed by atoms with Crippen molar-refractivity contribution in [3.8, 4) is 11.5 Å². The van der Waals surface area contributed by atoms with Crippen molar-refractivity contribution in [1.29, 1.82) is 0 Å². The van der Waals surface area contributed by atoms with Gasteiger partial charge in [-0.3, -0.25) is 0 Å². The first-order valence-electron chi connectivity index (χ1n) is 5.35. The first kappa shape index (κ1) is 12.9. The Hall–Kier alpha value is -1.20. The molecule has 0 fully saturated rings. The number of methoxy groups -OCH3 is 1. The van der Waals surface area contributed by atoms with E-state index >= 15 is 0 Å². The van der Waals surface area contributed by atoms with E-state index in [9.17, 15) is 0 Å². The Balaban J connectivity index is 2.78. The normalized spacial score (nSPS) is 10.0. The van der Waals surface area contributed by atoms with Crippen molar-refractivity contribution in [1.82, 2.24) is 0 Å². The summed E-state index contributed by atoms with van der Waals surface area (Å²) in [6.07, 6.45) is 2.02. The van der Waals surface area contributed by atoms with Crippen LogP contribution in [0.2, 0.25) is 0 Å². The molecule has 5 heteroatoms. The van der Waals surface area contributed by atoms with Gasteiger partial charge in [0.05, 0.1) is 13.7 Å². The molecule has 1 aromatic carbocycles. The molecular formula is C11H17BO4. The van der Waals surface area contributed by atoms with E-state index < -0.39 is 7.12 Å². The highest BCUT2D eigenvalue weighted by atomic mass is 16.5. The molecule has 2 N–H and O–H groups in total. The zero-order chi connectivity index (χ0) is 12.0. The Bertz CT molecular complexity index is 328. The molecule has 0 amide bonds. The second-order valence-corrected chi connectivity index (χ2v) is 3.52. The molecule has 4 nitrogen and oxygen atoms in total. The lowest BCUT2D eigenvalue weighted by molar-refractivity contribution is 0.307. The maximum Gasteiger partial charge on any atom is 0.488 e. The maximum atomic E-state index is 9.08. The van der Waals surface area contributed by atoms with Crippen molar-refractivity contribution < 1.29 is 19.5 Å². The standard InChI is InChI=1S/C11H17BO4/c1-3-4-5-16-11-7-9(12(13)14)6-10(8-11)15-2/h6-8,13-14H,3-5H2,1-2H3. The van der Waals surface area contributed by atoms with Crippen molar-refractivity contribution in [2.24, 2.45) is 0 Å². The number of benzene rings is 1. The summed E-state index contributed by atoms with van der Waals surface area (Å²) in [5.74, 6) is 1.15.